The van der Waals surface area contributed by atoms with Gasteiger partial charge in [-0.15, -0.1) is 11.3 Å². The zero-order valence-corrected chi connectivity index (χ0v) is 12.5. The third-order valence-electron chi connectivity index (χ3n) is 3.62. The minimum absolute atomic E-state index is 0.219. The number of hydrogen-bond donors (Lipinski definition) is 2. The van der Waals surface area contributed by atoms with Crippen LogP contribution in [0.3, 0.4) is 0 Å². The number of nitrogens with zero attached hydrogens (tertiary/aromatic N) is 2. The lowest BCUT2D eigenvalue weighted by Gasteiger charge is -2.20. The number of likely N-dealkylation sites (tertiary alicyclic amines) is 1. The van der Waals surface area contributed by atoms with E-state index in [0.29, 0.717) is 19.5 Å². The molecule has 2 N–H and O–H groups in total. The highest BCUT2D eigenvalue weighted by molar-refractivity contribution is 7.11. The summed E-state index contributed by atoms with van der Waals surface area (Å²) in [6.07, 6.45) is 3.26. The number of aliphatic carboxylic acids is 1. The summed E-state index contributed by atoms with van der Waals surface area (Å²) < 4.78 is 0. The monoisotopic (exact) mass is 297 g/mol. The number of hydrogen-bond acceptors (Lipinski definition) is 4. The number of nitrogens with one attached hydrogen (secondary N) is 1. The second-order valence-corrected chi connectivity index (χ2v) is 6.47. The van der Waals surface area contributed by atoms with Crippen molar-refractivity contribution in [1.82, 2.24) is 15.2 Å². The van der Waals surface area contributed by atoms with E-state index in [0.717, 1.165) is 11.4 Å². The van der Waals surface area contributed by atoms with Gasteiger partial charge in [0.2, 0.25) is 0 Å². The van der Waals surface area contributed by atoms with Crippen LogP contribution in [0.4, 0.5) is 4.79 Å². The predicted octanol–water partition coefficient (Wildman–Crippen LogP) is 1.71. The molecule has 7 heteroatoms. The summed E-state index contributed by atoms with van der Waals surface area (Å²) in [6, 6.07) is -0.219. The highest BCUT2D eigenvalue weighted by Gasteiger charge is 2.42. The zero-order chi connectivity index (χ0) is 14.8. The topological polar surface area (TPSA) is 82.5 Å². The van der Waals surface area contributed by atoms with E-state index in [2.05, 4.69) is 17.2 Å². The Kier molecular flexibility index (Phi) is 4.27. The van der Waals surface area contributed by atoms with Gasteiger partial charge in [-0.2, -0.15) is 0 Å². The number of carbonyl (C=O) groups excluding carboxylic acids is 1. The summed E-state index contributed by atoms with van der Waals surface area (Å²) >= 11 is 1.58. The molecule has 1 aliphatic rings. The lowest BCUT2D eigenvalue weighted by Crippen LogP contribution is -2.40. The second kappa shape index (κ2) is 5.78. The Bertz CT molecular complexity index is 517. The van der Waals surface area contributed by atoms with Gasteiger partial charge in [0.15, 0.2) is 0 Å². The summed E-state index contributed by atoms with van der Waals surface area (Å²) in [6.45, 7) is 4.87. The molecule has 1 aromatic rings. The van der Waals surface area contributed by atoms with E-state index < -0.39 is 11.4 Å². The van der Waals surface area contributed by atoms with E-state index in [9.17, 15) is 9.59 Å². The number of rotatable bonds is 4. The maximum atomic E-state index is 12.0. The lowest BCUT2D eigenvalue weighted by molar-refractivity contribution is -0.146. The molecule has 2 heterocycles. The van der Waals surface area contributed by atoms with E-state index in [1.807, 2.05) is 6.20 Å². The van der Waals surface area contributed by atoms with Gasteiger partial charge in [-0.3, -0.25) is 4.79 Å². The van der Waals surface area contributed by atoms with Gasteiger partial charge >= 0.3 is 12.0 Å². The highest BCUT2D eigenvalue weighted by atomic mass is 32.1. The molecule has 2 amide bonds. The number of urea groups is 1. The second-order valence-electron chi connectivity index (χ2n) is 5.27. The first-order valence-corrected chi connectivity index (χ1v) is 7.46. The van der Waals surface area contributed by atoms with Crippen molar-refractivity contribution in [3.8, 4) is 0 Å². The average Bonchev–Trinajstić information content (AvgIpc) is 3.03. The van der Waals surface area contributed by atoms with Crippen molar-refractivity contribution in [3.05, 3.63) is 16.1 Å². The van der Waals surface area contributed by atoms with Crippen LogP contribution in [0.5, 0.6) is 0 Å². The van der Waals surface area contributed by atoms with Crippen molar-refractivity contribution in [2.45, 2.75) is 33.2 Å². The Morgan fingerprint density at radius 3 is 2.90 bits per heavy atom. The van der Waals surface area contributed by atoms with Gasteiger partial charge in [0, 0.05) is 24.2 Å². The van der Waals surface area contributed by atoms with Crippen LogP contribution >= 0.6 is 11.3 Å². The Hall–Kier alpha value is -1.63. The van der Waals surface area contributed by atoms with Gasteiger partial charge in [-0.1, -0.05) is 6.92 Å². The third-order valence-corrected chi connectivity index (χ3v) is 4.76. The molecule has 0 aliphatic carbocycles. The molecule has 6 nitrogen and oxygen atoms in total. The van der Waals surface area contributed by atoms with Crippen LogP contribution in [0, 0.1) is 5.41 Å². The summed E-state index contributed by atoms with van der Waals surface area (Å²) in [7, 11) is 0. The molecule has 2 rings (SSSR count). The van der Waals surface area contributed by atoms with Gasteiger partial charge in [0.05, 0.1) is 12.0 Å². The van der Waals surface area contributed by atoms with Gasteiger partial charge in [0.1, 0.15) is 5.01 Å². The lowest BCUT2D eigenvalue weighted by atomic mass is 9.90. The molecular weight excluding hydrogens is 278 g/mol. The van der Waals surface area contributed by atoms with Gasteiger partial charge in [-0.05, 0) is 19.8 Å². The standard InChI is InChI=1S/C13H19N3O3S/c1-3-9-6-14-10(20-9)7-15-12(19)16-5-4-13(2,8-16)11(17)18/h6H,3-5,7-8H2,1-2H3,(H,15,19)(H,17,18). The van der Waals surface area contributed by atoms with E-state index in [-0.39, 0.29) is 12.6 Å². The Labute approximate surface area is 121 Å². The van der Waals surface area contributed by atoms with Crippen LogP contribution in [0.25, 0.3) is 0 Å². The molecule has 1 unspecified atom stereocenters. The molecule has 1 atom stereocenters. The molecule has 0 radical (unpaired) electrons. The number of carbonyl (C=O) groups is 2. The first-order valence-electron chi connectivity index (χ1n) is 6.64. The summed E-state index contributed by atoms with van der Waals surface area (Å²) in [4.78, 5) is 30.1. The molecule has 0 bridgehead atoms. The third kappa shape index (κ3) is 3.09. The van der Waals surface area contributed by atoms with Gasteiger partial charge < -0.3 is 15.3 Å². The normalized spacial score (nSPS) is 22.0. The van der Waals surface area contributed by atoms with Crippen LogP contribution in [0.15, 0.2) is 6.20 Å². The SMILES string of the molecule is CCc1cnc(CNC(=O)N2CCC(C)(C(=O)O)C2)s1. The first-order chi connectivity index (χ1) is 9.44. The fourth-order valence-electron chi connectivity index (χ4n) is 2.17. The van der Waals surface area contributed by atoms with E-state index in [1.165, 1.54) is 4.88 Å². The number of aryl methyl sites for hydroxylation is 1. The Morgan fingerprint density at radius 2 is 2.35 bits per heavy atom. The molecule has 110 valence electrons. The molecule has 1 saturated heterocycles. The molecule has 1 fully saturated rings. The van der Waals surface area contributed by atoms with Gasteiger partial charge in [-0.25, -0.2) is 9.78 Å². The largest absolute Gasteiger partial charge is 0.481 e. The molecule has 1 aliphatic heterocycles. The molecular formula is C13H19N3O3S. The van der Waals surface area contributed by atoms with Crippen molar-refractivity contribution in [2.24, 2.45) is 5.41 Å². The van der Waals surface area contributed by atoms with Crippen molar-refractivity contribution >= 4 is 23.3 Å². The van der Waals surface area contributed by atoms with Crippen molar-refractivity contribution < 1.29 is 14.7 Å². The van der Waals surface area contributed by atoms with Crippen LogP contribution in [0.1, 0.15) is 30.2 Å². The molecule has 0 saturated carbocycles. The van der Waals surface area contributed by atoms with Crippen LogP contribution < -0.4 is 5.32 Å². The zero-order valence-electron chi connectivity index (χ0n) is 11.7. The minimum atomic E-state index is -0.847. The number of aromatic nitrogens is 1. The maximum Gasteiger partial charge on any atom is 0.317 e. The summed E-state index contributed by atoms with van der Waals surface area (Å²) in [5, 5.41) is 12.8. The number of carboxylic acids is 1. The van der Waals surface area contributed by atoms with Crippen molar-refractivity contribution in [2.75, 3.05) is 13.1 Å². The smallest absolute Gasteiger partial charge is 0.317 e. The van der Waals surface area contributed by atoms with Crippen molar-refractivity contribution in [1.29, 1.82) is 0 Å². The molecule has 1 aromatic heterocycles. The summed E-state index contributed by atoms with van der Waals surface area (Å²) in [5.41, 5.74) is -0.825. The Balaban J connectivity index is 1.85. The van der Waals surface area contributed by atoms with Crippen LogP contribution in [-0.4, -0.2) is 40.1 Å². The number of carboxylic acid groups (broad SMARTS) is 1. The van der Waals surface area contributed by atoms with Crippen LogP contribution in [-0.2, 0) is 17.8 Å². The van der Waals surface area contributed by atoms with Crippen LogP contribution in [0.2, 0.25) is 0 Å². The van der Waals surface area contributed by atoms with Gasteiger partial charge in [0.25, 0.3) is 0 Å². The van der Waals surface area contributed by atoms with E-state index in [1.54, 1.807) is 23.2 Å². The first kappa shape index (κ1) is 14.8. The summed E-state index contributed by atoms with van der Waals surface area (Å²) in [5.74, 6) is -0.847. The maximum absolute atomic E-state index is 12.0. The molecule has 0 aromatic carbocycles. The Morgan fingerprint density at radius 1 is 1.60 bits per heavy atom. The number of amides is 2. The van der Waals surface area contributed by atoms with E-state index >= 15 is 0 Å². The fraction of sp³-hybridized carbons (Fsp3) is 0.615. The highest BCUT2D eigenvalue weighted by Crippen LogP contribution is 2.30. The predicted molar refractivity (Wildman–Crippen MR) is 75.7 cm³/mol. The quantitative estimate of drug-likeness (QED) is 0.886. The number of thiazole rings is 1. The average molecular weight is 297 g/mol. The fourth-order valence-corrected chi connectivity index (χ4v) is 2.97. The molecule has 0 spiro atoms. The van der Waals surface area contributed by atoms with Crippen molar-refractivity contribution in [3.63, 3.8) is 0 Å². The minimum Gasteiger partial charge on any atom is -0.481 e. The molecule has 20 heavy (non-hydrogen) atoms. The van der Waals surface area contributed by atoms with E-state index in [4.69, 9.17) is 5.11 Å².